The van der Waals surface area contributed by atoms with E-state index in [0.717, 1.165) is 33.4 Å². The van der Waals surface area contributed by atoms with Crippen molar-refractivity contribution in [3.05, 3.63) is 58.9 Å². The van der Waals surface area contributed by atoms with Gasteiger partial charge < -0.3 is 79.3 Å². The fourth-order valence-corrected chi connectivity index (χ4v) is 11.3. The maximum Gasteiger partial charge on any atom is 0.317 e. The Balaban J connectivity index is 1.64. The molecule has 1 fully saturated rings. The minimum Gasteiger partial charge on any atom is -0.481 e. The van der Waals surface area contributed by atoms with E-state index >= 15 is 0 Å². The number of primary amides is 1. The Morgan fingerprint density at radius 1 is 0.600 bits per heavy atom. The maximum atomic E-state index is 14.1. The van der Waals surface area contributed by atoms with Gasteiger partial charge in [0.05, 0.1) is 49.2 Å². The number of carbonyl (C=O) groups is 16. The van der Waals surface area contributed by atoms with Gasteiger partial charge in [0, 0.05) is 68.4 Å². The van der Waals surface area contributed by atoms with Crippen LogP contribution in [-0.4, -0.2) is 232 Å². The molecular formula is C64H89N13O22S. The molecule has 35 nitrogen and oxygen atoms in total. The number of amides is 10. The Hall–Kier alpha value is -10.1. The van der Waals surface area contributed by atoms with E-state index in [9.17, 15) is 107 Å². The number of anilines is 1. The fraction of sp³-hybridized carbons (Fsp3) is 0.547. The second-order valence-corrected chi connectivity index (χ2v) is 25.3. The molecule has 17 N–H and O–H groups in total. The summed E-state index contributed by atoms with van der Waals surface area (Å²) in [6.45, 7) is 4.55. The van der Waals surface area contributed by atoms with E-state index in [1.54, 1.807) is 38.1 Å². The van der Waals surface area contributed by atoms with Crippen LogP contribution in [0.25, 0.3) is 0 Å². The summed E-state index contributed by atoms with van der Waals surface area (Å²) in [4.78, 5) is 211. The van der Waals surface area contributed by atoms with Crippen molar-refractivity contribution in [2.45, 2.75) is 166 Å². The molecule has 0 spiro atoms. The molecule has 100 heavy (non-hydrogen) atoms. The van der Waals surface area contributed by atoms with Crippen LogP contribution in [0.5, 0.6) is 0 Å². The first-order chi connectivity index (χ1) is 47.1. The topological polar surface area (TPSA) is 553 Å². The van der Waals surface area contributed by atoms with Gasteiger partial charge in [0.1, 0.15) is 36.3 Å². The number of aliphatic carboxylic acids is 6. The van der Waals surface area contributed by atoms with E-state index < -0.39 is 188 Å². The molecule has 8 atom stereocenters. The van der Waals surface area contributed by atoms with Gasteiger partial charge in [-0.2, -0.15) is 0 Å². The zero-order valence-corrected chi connectivity index (χ0v) is 56.9. The number of carboxylic acids is 6. The zero-order chi connectivity index (χ0) is 74.9. The number of hydrogen-bond donors (Lipinski definition) is 15. The van der Waals surface area contributed by atoms with Crippen molar-refractivity contribution in [1.29, 1.82) is 0 Å². The molecule has 1 aromatic heterocycles. The molecule has 0 radical (unpaired) electrons. The highest BCUT2D eigenvalue weighted by molar-refractivity contribution is 8.00. The molecule has 0 bridgehead atoms. The first-order valence-corrected chi connectivity index (χ1v) is 33.1. The average molecular weight is 1420 g/mol. The second-order valence-electron chi connectivity index (χ2n) is 24.1. The van der Waals surface area contributed by atoms with Crippen molar-refractivity contribution in [1.82, 2.24) is 51.6 Å². The number of nitrogens with one attached hydrogen (secondary N) is 7. The standard InChI is InChI=1S/C64H89N13O22S/c1-6-36(4)57(63(98)72-45(26-51(83)84)60(95)70-43(58(66)93)12-9-10-22-65)74-59(94)44(20-21-50(81)82)71-62(97)56(35(2)3)73-61(96)46(67-37(5)78)34-100-47-27-49(80)77(64(47)99)23-11-7-8-13-48(79)69-40-18-16-38(17-19-40)14-15-39-24-41(28-75(30-52(85)86)31-53(87)88)68-42(25-39)29-76(32-54(89)90)33-55(91)92/h16-19,24-25,35-36,43-47,56-57H,6-13,20-23,26-34,65H2,1-5H3,(H2,66,93)(H,67,78)(H,69,79)(H,70,95)(H,71,97)(H,72,98)(H,73,96)(H,74,94)(H,81,82)(H,83,84)(H,85,86)(H,87,88)(H,89,90)(H,91,92)/t36-,43-,44-,45-,46-,47?,56-,57-/m0/s1. The van der Waals surface area contributed by atoms with Crippen molar-refractivity contribution in [3.8, 4) is 11.8 Å². The van der Waals surface area contributed by atoms with E-state index in [-0.39, 0.29) is 74.9 Å². The Bertz CT molecular complexity index is 3270. The number of benzene rings is 1. The van der Waals surface area contributed by atoms with Gasteiger partial charge in [-0.1, -0.05) is 52.4 Å². The second kappa shape index (κ2) is 42.6. The number of thioether (sulfide) groups is 1. The van der Waals surface area contributed by atoms with Gasteiger partial charge in [-0.15, -0.1) is 11.8 Å². The summed E-state index contributed by atoms with van der Waals surface area (Å²) in [6.07, 6.45) is -0.0840. The molecule has 1 saturated heterocycles. The molecule has 0 saturated carbocycles. The van der Waals surface area contributed by atoms with Crippen LogP contribution >= 0.6 is 11.8 Å². The van der Waals surface area contributed by atoms with Crippen LogP contribution in [0.3, 0.4) is 0 Å². The van der Waals surface area contributed by atoms with Crippen LogP contribution in [-0.2, 0) is 89.8 Å². The summed E-state index contributed by atoms with van der Waals surface area (Å²) in [5, 5.41) is 73.0. The highest BCUT2D eigenvalue weighted by Crippen LogP contribution is 2.27. The first-order valence-electron chi connectivity index (χ1n) is 32.0. The Morgan fingerprint density at radius 2 is 1.12 bits per heavy atom. The SMILES string of the molecule is CC[C@H](C)[C@H](NC(=O)[C@H](CCC(=O)O)NC(=O)[C@@H](NC(=O)[C@H](CSC1CC(=O)N(CCCCCC(=O)Nc2ccc(C#Cc3cc(CN(CC(=O)O)CC(=O)O)nc(CN(CC(=O)O)CC(=O)O)c3)cc2)C1=O)NC(C)=O)C(C)C)C(=O)N[C@@H](CC(=O)O)C(=O)N[C@@H](CCCCN)C(N)=O. The molecule has 2 aromatic rings. The van der Waals surface area contributed by atoms with Crippen LogP contribution in [0.2, 0.25) is 0 Å². The summed E-state index contributed by atoms with van der Waals surface area (Å²) in [5.41, 5.74) is 12.5. The van der Waals surface area contributed by atoms with E-state index in [2.05, 4.69) is 54.0 Å². The van der Waals surface area contributed by atoms with Crippen LogP contribution in [0, 0.1) is 23.7 Å². The first kappa shape index (κ1) is 84.1. The van der Waals surface area contributed by atoms with Crippen molar-refractivity contribution < 1.29 is 107 Å². The maximum absolute atomic E-state index is 14.1. The molecule has 548 valence electrons. The minimum absolute atomic E-state index is 0.0169. The number of nitrogens with two attached hydrogens (primary N) is 2. The smallest absolute Gasteiger partial charge is 0.317 e. The van der Waals surface area contributed by atoms with E-state index in [4.69, 9.17) is 11.5 Å². The van der Waals surface area contributed by atoms with Crippen molar-refractivity contribution >= 4 is 112 Å². The van der Waals surface area contributed by atoms with Gasteiger partial charge in [0.15, 0.2) is 0 Å². The summed E-state index contributed by atoms with van der Waals surface area (Å²) >= 11 is 0.904. The summed E-state index contributed by atoms with van der Waals surface area (Å²) in [6, 6.07) is 0.306. The number of pyridine rings is 1. The lowest BCUT2D eigenvalue weighted by atomic mass is 9.96. The molecule has 2 heterocycles. The number of carboxylic acid groups (broad SMARTS) is 6. The highest BCUT2D eigenvalue weighted by Gasteiger charge is 2.41. The molecule has 1 aliphatic heterocycles. The van der Waals surface area contributed by atoms with Crippen LogP contribution < -0.4 is 48.7 Å². The number of imide groups is 1. The quantitative estimate of drug-likeness (QED) is 0.0201. The summed E-state index contributed by atoms with van der Waals surface area (Å²) in [7, 11) is 0. The number of rotatable bonds is 46. The van der Waals surface area contributed by atoms with Crippen LogP contribution in [0.1, 0.15) is 134 Å². The fourth-order valence-electron chi connectivity index (χ4n) is 10.1. The zero-order valence-electron chi connectivity index (χ0n) is 56.1. The third kappa shape index (κ3) is 31.2. The van der Waals surface area contributed by atoms with E-state index in [1.165, 1.54) is 26.0 Å². The molecule has 10 amide bonds. The van der Waals surface area contributed by atoms with Crippen LogP contribution in [0.4, 0.5) is 5.69 Å². The van der Waals surface area contributed by atoms with Crippen molar-refractivity contribution in [2.75, 3.05) is 50.3 Å². The van der Waals surface area contributed by atoms with Crippen molar-refractivity contribution in [3.63, 3.8) is 0 Å². The monoisotopic (exact) mass is 1420 g/mol. The number of nitrogens with zero attached hydrogens (tertiary/aromatic N) is 4. The molecule has 3 rings (SSSR count). The lowest BCUT2D eigenvalue weighted by Crippen LogP contribution is -2.61. The minimum atomic E-state index is -1.77. The van der Waals surface area contributed by atoms with Crippen LogP contribution in [0.15, 0.2) is 36.4 Å². The number of carbonyl (C=O) groups excluding carboxylic acids is 10. The molecule has 1 aliphatic rings. The largest absolute Gasteiger partial charge is 0.481 e. The predicted octanol–water partition coefficient (Wildman–Crippen LogP) is -1.63. The predicted molar refractivity (Wildman–Crippen MR) is 355 cm³/mol. The third-order valence-corrected chi connectivity index (χ3v) is 16.5. The Morgan fingerprint density at radius 3 is 1.63 bits per heavy atom. The lowest BCUT2D eigenvalue weighted by molar-refractivity contribution is -0.144. The van der Waals surface area contributed by atoms with Gasteiger partial charge in [0.25, 0.3) is 0 Å². The lowest BCUT2D eigenvalue weighted by Gasteiger charge is -2.30. The van der Waals surface area contributed by atoms with Gasteiger partial charge in [0.2, 0.25) is 59.1 Å². The van der Waals surface area contributed by atoms with Crippen molar-refractivity contribution in [2.24, 2.45) is 23.3 Å². The molecule has 0 aliphatic carbocycles. The Labute approximate surface area is 579 Å². The highest BCUT2D eigenvalue weighted by atomic mass is 32.2. The Kier molecular flexibility index (Phi) is 35.9. The average Bonchev–Trinajstić information content (AvgIpc) is 1.76. The molecule has 1 aromatic carbocycles. The number of unbranched alkanes of at least 4 members (excludes halogenated alkanes) is 3. The summed E-state index contributed by atoms with van der Waals surface area (Å²) in [5.74, 6) is -12.0. The van der Waals surface area contributed by atoms with Gasteiger partial charge in [-0.05, 0) is 93.3 Å². The number of likely N-dealkylation sites (tertiary alicyclic amines) is 1. The molecule has 36 heteroatoms. The van der Waals surface area contributed by atoms with Gasteiger partial charge >= 0.3 is 35.8 Å². The number of aromatic nitrogens is 1. The third-order valence-electron chi connectivity index (χ3n) is 15.2. The van der Waals surface area contributed by atoms with Gasteiger partial charge in [-0.3, -0.25) is 96.4 Å². The summed E-state index contributed by atoms with van der Waals surface area (Å²) < 4.78 is 0. The normalized spacial score (nSPS) is 14.8. The van der Waals surface area contributed by atoms with E-state index in [1.807, 2.05) is 0 Å². The van der Waals surface area contributed by atoms with Gasteiger partial charge in [-0.25, -0.2) is 0 Å². The van der Waals surface area contributed by atoms with E-state index in [0.29, 0.717) is 48.9 Å². The molecule has 1 unspecified atom stereocenters. The molecular weight excluding hydrogens is 1330 g/mol. The number of hydrogen-bond acceptors (Lipinski definition) is 21.